The largest absolute Gasteiger partial charge is 0.360 e. The van der Waals surface area contributed by atoms with E-state index in [0.717, 1.165) is 44.4 Å². The molecule has 5 heteroatoms. The molecule has 0 amide bonds. The monoisotopic (exact) mass is 249 g/mol. The summed E-state index contributed by atoms with van der Waals surface area (Å²) in [5.74, 6) is 2.07. The zero-order chi connectivity index (χ0) is 12.8. The van der Waals surface area contributed by atoms with Crippen LogP contribution < -0.4 is 15.1 Å². The van der Waals surface area contributed by atoms with Crippen LogP contribution in [0.15, 0.2) is 12.4 Å². The van der Waals surface area contributed by atoms with Crippen LogP contribution in [0.3, 0.4) is 0 Å². The Morgan fingerprint density at radius 1 is 1.33 bits per heavy atom. The van der Waals surface area contributed by atoms with Gasteiger partial charge in [-0.2, -0.15) is 0 Å². The summed E-state index contributed by atoms with van der Waals surface area (Å²) in [6.07, 6.45) is 4.08. The zero-order valence-corrected chi connectivity index (χ0v) is 11.4. The van der Waals surface area contributed by atoms with Gasteiger partial charge in [-0.1, -0.05) is 13.3 Å². The minimum atomic E-state index is 1.02. The quantitative estimate of drug-likeness (QED) is 0.847. The summed E-state index contributed by atoms with van der Waals surface area (Å²) >= 11 is 0. The predicted octanol–water partition coefficient (Wildman–Crippen LogP) is 1.12. The highest BCUT2D eigenvalue weighted by molar-refractivity contribution is 5.49. The van der Waals surface area contributed by atoms with Crippen LogP contribution in [0.1, 0.15) is 19.8 Å². The molecule has 0 spiro atoms. The molecular weight excluding hydrogens is 226 g/mol. The fourth-order valence-corrected chi connectivity index (χ4v) is 2.12. The van der Waals surface area contributed by atoms with Crippen LogP contribution >= 0.6 is 0 Å². The van der Waals surface area contributed by atoms with E-state index in [1.807, 2.05) is 0 Å². The number of hydrogen-bond donors (Lipinski definition) is 1. The maximum absolute atomic E-state index is 4.39. The predicted molar refractivity (Wildman–Crippen MR) is 75.3 cm³/mol. The fraction of sp³-hybridized carbons (Fsp3) is 0.692. The molecule has 1 aromatic heterocycles. The van der Waals surface area contributed by atoms with Crippen LogP contribution in [0.4, 0.5) is 11.6 Å². The molecule has 0 saturated carbocycles. The summed E-state index contributed by atoms with van der Waals surface area (Å²) in [5, 5.41) is 3.35. The van der Waals surface area contributed by atoms with Crippen LogP contribution in [-0.2, 0) is 0 Å². The molecule has 0 aromatic carbocycles. The third kappa shape index (κ3) is 3.32. The molecule has 0 radical (unpaired) electrons. The molecule has 2 heterocycles. The molecule has 1 saturated heterocycles. The second-order valence-electron chi connectivity index (χ2n) is 4.75. The minimum Gasteiger partial charge on any atom is -0.360 e. The fourth-order valence-electron chi connectivity index (χ4n) is 2.12. The number of aromatic nitrogens is 2. The zero-order valence-electron chi connectivity index (χ0n) is 11.4. The number of nitrogens with zero attached hydrogens (tertiary/aromatic N) is 4. The van der Waals surface area contributed by atoms with Crippen molar-refractivity contribution < 1.29 is 0 Å². The Kier molecular flexibility index (Phi) is 4.75. The standard InChI is InChI=1S/C13H23N5/c1-3-4-7-17(2)12-10-13(16-11-15-12)18-8-5-14-6-9-18/h10-11,14H,3-9H2,1-2H3. The molecule has 1 fully saturated rings. The first-order valence-corrected chi connectivity index (χ1v) is 6.80. The van der Waals surface area contributed by atoms with Crippen molar-refractivity contribution in [2.45, 2.75) is 19.8 Å². The van der Waals surface area contributed by atoms with Gasteiger partial charge in [0.05, 0.1) is 0 Å². The third-order valence-electron chi connectivity index (χ3n) is 3.32. The summed E-state index contributed by atoms with van der Waals surface area (Å²) in [6.45, 7) is 7.37. The lowest BCUT2D eigenvalue weighted by molar-refractivity contribution is 0.584. The second kappa shape index (κ2) is 6.54. The first-order valence-electron chi connectivity index (χ1n) is 6.80. The molecule has 5 nitrogen and oxygen atoms in total. The average molecular weight is 249 g/mol. The van der Waals surface area contributed by atoms with Gasteiger partial charge in [0.2, 0.25) is 0 Å². The van der Waals surface area contributed by atoms with E-state index in [0.29, 0.717) is 0 Å². The lowest BCUT2D eigenvalue weighted by Crippen LogP contribution is -2.44. The molecule has 0 unspecified atom stereocenters. The molecule has 0 aliphatic carbocycles. The van der Waals surface area contributed by atoms with Gasteiger partial charge in [-0.05, 0) is 6.42 Å². The van der Waals surface area contributed by atoms with Crippen molar-refractivity contribution in [1.29, 1.82) is 0 Å². The van der Waals surface area contributed by atoms with Gasteiger partial charge < -0.3 is 15.1 Å². The third-order valence-corrected chi connectivity index (χ3v) is 3.32. The van der Waals surface area contributed by atoms with E-state index < -0.39 is 0 Å². The van der Waals surface area contributed by atoms with E-state index in [1.165, 1.54) is 12.8 Å². The molecular formula is C13H23N5. The first kappa shape index (κ1) is 13.1. The van der Waals surface area contributed by atoms with Crippen LogP contribution in [0.5, 0.6) is 0 Å². The van der Waals surface area contributed by atoms with Crippen molar-refractivity contribution in [3.05, 3.63) is 12.4 Å². The lowest BCUT2D eigenvalue weighted by Gasteiger charge is -2.29. The Balaban J connectivity index is 2.04. The lowest BCUT2D eigenvalue weighted by atomic mass is 10.3. The van der Waals surface area contributed by atoms with E-state index in [2.05, 4.69) is 45.1 Å². The summed E-state index contributed by atoms with van der Waals surface area (Å²) in [4.78, 5) is 13.3. The molecule has 2 rings (SSSR count). The molecule has 0 bridgehead atoms. The maximum Gasteiger partial charge on any atom is 0.134 e. The van der Waals surface area contributed by atoms with Gasteiger partial charge in [0.25, 0.3) is 0 Å². The Hall–Kier alpha value is -1.36. The molecule has 18 heavy (non-hydrogen) atoms. The maximum atomic E-state index is 4.39. The van der Waals surface area contributed by atoms with E-state index in [1.54, 1.807) is 6.33 Å². The first-order chi connectivity index (χ1) is 8.81. The highest BCUT2D eigenvalue weighted by atomic mass is 15.2. The summed E-state index contributed by atoms with van der Waals surface area (Å²) in [7, 11) is 2.10. The SMILES string of the molecule is CCCCN(C)c1cc(N2CCNCC2)ncn1. The molecule has 1 aliphatic heterocycles. The van der Waals surface area contributed by atoms with Crippen molar-refractivity contribution in [1.82, 2.24) is 15.3 Å². The van der Waals surface area contributed by atoms with E-state index >= 15 is 0 Å². The van der Waals surface area contributed by atoms with Crippen molar-refractivity contribution in [2.24, 2.45) is 0 Å². The number of anilines is 2. The number of piperazine rings is 1. The van der Waals surface area contributed by atoms with Crippen LogP contribution in [-0.4, -0.2) is 49.7 Å². The van der Waals surface area contributed by atoms with Crippen LogP contribution in [0.25, 0.3) is 0 Å². The van der Waals surface area contributed by atoms with Crippen molar-refractivity contribution in [2.75, 3.05) is 49.6 Å². The Bertz CT molecular complexity index is 362. The van der Waals surface area contributed by atoms with Gasteiger partial charge in [0, 0.05) is 45.8 Å². The molecule has 1 aliphatic rings. The summed E-state index contributed by atoms with van der Waals surface area (Å²) < 4.78 is 0. The number of nitrogens with one attached hydrogen (secondary N) is 1. The van der Waals surface area contributed by atoms with Gasteiger partial charge in [-0.25, -0.2) is 9.97 Å². The summed E-state index contributed by atoms with van der Waals surface area (Å²) in [5.41, 5.74) is 0. The van der Waals surface area contributed by atoms with Crippen molar-refractivity contribution in [3.8, 4) is 0 Å². The summed E-state index contributed by atoms with van der Waals surface area (Å²) in [6, 6.07) is 2.10. The van der Waals surface area contributed by atoms with Gasteiger partial charge in [0.1, 0.15) is 18.0 Å². The van der Waals surface area contributed by atoms with Gasteiger partial charge >= 0.3 is 0 Å². The molecule has 100 valence electrons. The Morgan fingerprint density at radius 3 is 2.83 bits per heavy atom. The smallest absolute Gasteiger partial charge is 0.134 e. The number of rotatable bonds is 5. The average Bonchev–Trinajstić information content (AvgIpc) is 2.46. The Morgan fingerprint density at radius 2 is 2.11 bits per heavy atom. The topological polar surface area (TPSA) is 44.3 Å². The molecule has 1 aromatic rings. The van der Waals surface area contributed by atoms with Gasteiger partial charge in [-0.3, -0.25) is 0 Å². The molecule has 0 atom stereocenters. The van der Waals surface area contributed by atoms with Gasteiger partial charge in [-0.15, -0.1) is 0 Å². The van der Waals surface area contributed by atoms with Crippen molar-refractivity contribution in [3.63, 3.8) is 0 Å². The highest BCUT2D eigenvalue weighted by Gasteiger charge is 2.13. The normalized spacial score (nSPS) is 15.8. The van der Waals surface area contributed by atoms with Crippen LogP contribution in [0, 0.1) is 0 Å². The van der Waals surface area contributed by atoms with E-state index in [-0.39, 0.29) is 0 Å². The minimum absolute atomic E-state index is 1.02. The molecule has 1 N–H and O–H groups in total. The van der Waals surface area contributed by atoms with Crippen LogP contribution in [0.2, 0.25) is 0 Å². The second-order valence-corrected chi connectivity index (χ2v) is 4.75. The highest BCUT2D eigenvalue weighted by Crippen LogP contribution is 2.17. The number of unbranched alkanes of at least 4 members (excludes halogenated alkanes) is 1. The number of hydrogen-bond acceptors (Lipinski definition) is 5. The van der Waals surface area contributed by atoms with E-state index in [4.69, 9.17) is 0 Å². The Labute approximate surface area is 109 Å². The van der Waals surface area contributed by atoms with E-state index in [9.17, 15) is 0 Å². The van der Waals surface area contributed by atoms with Crippen molar-refractivity contribution >= 4 is 11.6 Å². The van der Waals surface area contributed by atoms with Gasteiger partial charge in [0.15, 0.2) is 0 Å².